The second kappa shape index (κ2) is 8.89. The maximum atomic E-state index is 10.1. The van der Waals surface area contributed by atoms with Crippen molar-refractivity contribution in [1.82, 2.24) is 19.7 Å². The minimum absolute atomic E-state index is 0.0777. The summed E-state index contributed by atoms with van der Waals surface area (Å²) >= 11 is 0. The van der Waals surface area contributed by atoms with Crippen LogP contribution in [0.4, 0.5) is 11.4 Å². The van der Waals surface area contributed by atoms with Gasteiger partial charge in [-0.25, -0.2) is 0 Å². The van der Waals surface area contributed by atoms with Crippen molar-refractivity contribution in [3.8, 4) is 11.9 Å². The number of aromatic nitrogens is 4. The lowest BCUT2D eigenvalue weighted by Gasteiger charge is -2.20. The molecule has 0 aliphatic heterocycles. The second-order valence-corrected chi connectivity index (χ2v) is 7.25. The summed E-state index contributed by atoms with van der Waals surface area (Å²) in [4.78, 5) is 14.1. The fraction of sp³-hybridized carbons (Fsp3) is 0.167. The van der Waals surface area contributed by atoms with Crippen LogP contribution >= 0.6 is 0 Å². The second-order valence-electron chi connectivity index (χ2n) is 7.25. The number of benzene rings is 2. The molecule has 0 amide bonds. The number of fused-ring (bicyclic) bond motifs is 1. The van der Waals surface area contributed by atoms with Gasteiger partial charge in [0.05, 0.1) is 28.5 Å². The Kier molecular flexibility index (Phi) is 5.85. The lowest BCUT2D eigenvalue weighted by molar-refractivity contribution is 0.274. The maximum Gasteiger partial charge on any atom is 0.320 e. The van der Waals surface area contributed by atoms with Gasteiger partial charge in [0, 0.05) is 30.9 Å². The molecule has 0 saturated carbocycles. The number of aliphatic imine (C=N–C) groups is 1. The van der Waals surface area contributed by atoms with Crippen LogP contribution in [0.3, 0.4) is 0 Å². The first-order valence-electron chi connectivity index (χ1n) is 10.1. The standard InChI is InChI=1S/C24H24N6O2/c1-5-20-21(14-25-2)27-24(28-23(20)31)32-15-16-6-8-18(9-7-16)29(3)19-10-11-22-17(12-19)13-26-30(22)4/h5-14H,2,15H2,1,3-4H3,(H,27,28,31)/b20-5+,21-14+. The minimum Gasteiger partial charge on any atom is -0.493 e. The summed E-state index contributed by atoms with van der Waals surface area (Å²) in [5.41, 5.74) is 4.16. The van der Waals surface area contributed by atoms with Crippen LogP contribution in [0.25, 0.3) is 23.2 Å². The Morgan fingerprint density at radius 3 is 2.62 bits per heavy atom. The van der Waals surface area contributed by atoms with Crippen LogP contribution in [0, 0.1) is 0 Å². The third kappa shape index (κ3) is 4.15. The highest BCUT2D eigenvalue weighted by atomic mass is 16.5. The molecule has 8 nitrogen and oxygen atoms in total. The Balaban J connectivity index is 1.49. The van der Waals surface area contributed by atoms with E-state index in [1.165, 1.54) is 6.20 Å². The summed E-state index contributed by atoms with van der Waals surface area (Å²) in [5.74, 6) is -0.157. The van der Waals surface area contributed by atoms with Crippen LogP contribution in [0.1, 0.15) is 12.5 Å². The zero-order valence-corrected chi connectivity index (χ0v) is 18.2. The van der Waals surface area contributed by atoms with Crippen LogP contribution in [-0.4, -0.2) is 38.6 Å². The van der Waals surface area contributed by atoms with Crippen molar-refractivity contribution >= 4 is 41.3 Å². The highest BCUT2D eigenvalue weighted by molar-refractivity contribution is 5.83. The first-order chi connectivity index (χ1) is 15.5. The van der Waals surface area contributed by atoms with Gasteiger partial charge in [-0.05, 0) is 49.5 Å². The van der Waals surface area contributed by atoms with E-state index in [2.05, 4.69) is 49.9 Å². The van der Waals surface area contributed by atoms with Gasteiger partial charge in [-0.3, -0.25) is 9.67 Å². The van der Waals surface area contributed by atoms with Gasteiger partial charge in [-0.15, -0.1) is 0 Å². The molecular formula is C24H24N6O2. The van der Waals surface area contributed by atoms with E-state index in [1.54, 1.807) is 13.0 Å². The van der Waals surface area contributed by atoms with E-state index >= 15 is 0 Å². The van der Waals surface area contributed by atoms with Gasteiger partial charge in [0.1, 0.15) is 6.61 Å². The molecule has 0 aliphatic rings. The van der Waals surface area contributed by atoms with E-state index < -0.39 is 0 Å². The van der Waals surface area contributed by atoms with Crippen molar-refractivity contribution in [2.45, 2.75) is 13.5 Å². The predicted molar refractivity (Wildman–Crippen MR) is 127 cm³/mol. The Morgan fingerprint density at radius 2 is 1.91 bits per heavy atom. The molecule has 0 atom stereocenters. The van der Waals surface area contributed by atoms with Gasteiger partial charge in [0.25, 0.3) is 0 Å². The average molecular weight is 428 g/mol. The zero-order valence-electron chi connectivity index (χ0n) is 18.2. The van der Waals surface area contributed by atoms with E-state index in [0.29, 0.717) is 10.6 Å². The molecule has 0 saturated heterocycles. The normalized spacial score (nSPS) is 12.3. The maximum absolute atomic E-state index is 10.1. The number of aryl methyl sites for hydroxylation is 1. The van der Waals surface area contributed by atoms with E-state index in [9.17, 15) is 5.11 Å². The molecule has 8 heteroatoms. The number of rotatable bonds is 6. The Hall–Kier alpha value is -4.20. The highest BCUT2D eigenvalue weighted by Crippen LogP contribution is 2.27. The lowest BCUT2D eigenvalue weighted by Crippen LogP contribution is -2.29. The molecule has 4 aromatic rings. The SMILES string of the molecule is C=N/C=c1/nc(OCc2ccc(N(C)c3ccc4c(cnn4C)c3)cc2)nc(O)/c1=C/C. The molecule has 0 fully saturated rings. The molecular weight excluding hydrogens is 404 g/mol. The van der Waals surface area contributed by atoms with Crippen LogP contribution in [0.2, 0.25) is 0 Å². The van der Waals surface area contributed by atoms with Crippen molar-refractivity contribution in [3.05, 3.63) is 64.8 Å². The quantitative estimate of drug-likeness (QED) is 0.475. The first kappa shape index (κ1) is 21.0. The molecule has 2 heterocycles. The topological polar surface area (TPSA) is 88.7 Å². The third-order valence-corrected chi connectivity index (χ3v) is 5.25. The molecule has 2 aromatic carbocycles. The Morgan fingerprint density at radius 1 is 1.16 bits per heavy atom. The largest absolute Gasteiger partial charge is 0.493 e. The smallest absolute Gasteiger partial charge is 0.320 e. The van der Waals surface area contributed by atoms with Crippen LogP contribution in [-0.2, 0) is 13.7 Å². The molecule has 0 aliphatic carbocycles. The van der Waals surface area contributed by atoms with Gasteiger partial charge in [0.2, 0.25) is 5.88 Å². The molecule has 4 rings (SSSR count). The fourth-order valence-electron chi connectivity index (χ4n) is 3.45. The van der Waals surface area contributed by atoms with Crippen LogP contribution < -0.4 is 20.2 Å². The molecule has 0 radical (unpaired) electrons. The van der Waals surface area contributed by atoms with Crippen molar-refractivity contribution in [2.24, 2.45) is 12.0 Å². The highest BCUT2D eigenvalue weighted by Gasteiger charge is 2.08. The van der Waals surface area contributed by atoms with E-state index in [4.69, 9.17) is 4.74 Å². The predicted octanol–water partition coefficient (Wildman–Crippen LogP) is 2.65. The number of hydrogen-bond acceptors (Lipinski definition) is 7. The summed E-state index contributed by atoms with van der Waals surface area (Å²) < 4.78 is 7.56. The van der Waals surface area contributed by atoms with Crippen molar-refractivity contribution in [2.75, 3.05) is 11.9 Å². The van der Waals surface area contributed by atoms with Gasteiger partial charge < -0.3 is 14.7 Å². The Labute approximate surface area is 185 Å². The average Bonchev–Trinajstić information content (AvgIpc) is 3.18. The summed E-state index contributed by atoms with van der Waals surface area (Å²) in [6.45, 7) is 5.48. The van der Waals surface area contributed by atoms with Crippen molar-refractivity contribution < 1.29 is 9.84 Å². The third-order valence-electron chi connectivity index (χ3n) is 5.25. The van der Waals surface area contributed by atoms with Crippen LogP contribution in [0.5, 0.6) is 11.9 Å². The monoisotopic (exact) mass is 428 g/mol. The van der Waals surface area contributed by atoms with E-state index in [1.807, 2.05) is 49.2 Å². The van der Waals surface area contributed by atoms with Gasteiger partial charge in [-0.2, -0.15) is 15.1 Å². The van der Waals surface area contributed by atoms with Crippen LogP contribution in [0.15, 0.2) is 53.7 Å². The molecule has 1 N–H and O–H groups in total. The van der Waals surface area contributed by atoms with Crippen molar-refractivity contribution in [1.29, 1.82) is 0 Å². The molecule has 0 bridgehead atoms. The summed E-state index contributed by atoms with van der Waals surface area (Å²) in [6.07, 6.45) is 5.03. The van der Waals surface area contributed by atoms with Gasteiger partial charge in [0.15, 0.2) is 0 Å². The zero-order chi connectivity index (χ0) is 22.7. The Bertz CT molecular complexity index is 1390. The molecule has 32 heavy (non-hydrogen) atoms. The number of nitrogens with zero attached hydrogens (tertiary/aromatic N) is 6. The van der Waals surface area contributed by atoms with Gasteiger partial charge in [-0.1, -0.05) is 18.2 Å². The van der Waals surface area contributed by atoms with Gasteiger partial charge >= 0.3 is 6.01 Å². The minimum atomic E-state index is -0.157. The fourth-order valence-corrected chi connectivity index (χ4v) is 3.45. The van der Waals surface area contributed by atoms with Crippen molar-refractivity contribution in [3.63, 3.8) is 0 Å². The van der Waals surface area contributed by atoms with E-state index in [0.717, 1.165) is 27.8 Å². The summed E-state index contributed by atoms with van der Waals surface area (Å²) in [5, 5.41) is 16.5. The molecule has 2 aromatic heterocycles. The number of anilines is 2. The number of aromatic hydroxyl groups is 1. The molecule has 0 spiro atoms. The summed E-state index contributed by atoms with van der Waals surface area (Å²) in [7, 11) is 3.96. The lowest BCUT2D eigenvalue weighted by atomic mass is 10.1. The molecule has 162 valence electrons. The summed E-state index contributed by atoms with van der Waals surface area (Å²) in [6, 6.07) is 14.4. The number of ether oxygens (including phenoxy) is 1. The number of hydrogen-bond donors (Lipinski definition) is 1. The first-order valence-corrected chi connectivity index (χ1v) is 10.1. The molecule has 0 unspecified atom stereocenters. The van der Waals surface area contributed by atoms with E-state index in [-0.39, 0.29) is 18.5 Å².